The van der Waals surface area contributed by atoms with Gasteiger partial charge in [-0.3, -0.25) is 14.9 Å². The van der Waals surface area contributed by atoms with Gasteiger partial charge >= 0.3 is 6.61 Å². The zero-order valence-electron chi connectivity index (χ0n) is 17.7. The molecule has 1 aliphatic heterocycles. The van der Waals surface area contributed by atoms with Gasteiger partial charge in [0.25, 0.3) is 0 Å². The van der Waals surface area contributed by atoms with Gasteiger partial charge in [0.2, 0.25) is 11.8 Å². The Morgan fingerprint density at radius 2 is 1.94 bits per heavy atom. The minimum Gasteiger partial charge on any atom is -0.432 e. The number of alkyl halides is 2. The van der Waals surface area contributed by atoms with Crippen LogP contribution in [0.3, 0.4) is 0 Å². The van der Waals surface area contributed by atoms with Crippen LogP contribution in [0.5, 0.6) is 5.75 Å². The molecule has 0 aliphatic carbocycles. The van der Waals surface area contributed by atoms with Crippen molar-refractivity contribution in [2.45, 2.75) is 52.1 Å². The summed E-state index contributed by atoms with van der Waals surface area (Å²) < 4.78 is 43.3. The first-order valence-electron chi connectivity index (χ1n) is 9.91. The number of nitrogens with zero attached hydrogens (tertiary/aromatic N) is 2. The van der Waals surface area contributed by atoms with E-state index in [1.807, 2.05) is 20.8 Å². The van der Waals surface area contributed by atoms with Gasteiger partial charge in [0.05, 0.1) is 18.5 Å². The first-order chi connectivity index (χ1) is 15.0. The number of carbonyl (C=O) groups excluding carboxylic acids is 2. The molecule has 1 fully saturated rings. The van der Waals surface area contributed by atoms with Crippen LogP contribution in [-0.2, 0) is 9.59 Å². The molecule has 172 valence electrons. The predicted octanol–water partition coefficient (Wildman–Crippen LogP) is 2.60. The molecular weight excluding hydrogens is 427 g/mol. The lowest BCUT2D eigenvalue weighted by molar-refractivity contribution is -0.132. The molecular formula is C21H24F3N5O3. The van der Waals surface area contributed by atoms with Gasteiger partial charge in [-0.05, 0) is 29.2 Å². The molecule has 2 amide bonds. The molecule has 3 atom stereocenters. The van der Waals surface area contributed by atoms with E-state index in [1.54, 1.807) is 6.07 Å². The minimum absolute atomic E-state index is 0.110. The second kappa shape index (κ2) is 9.51. The Labute approximate surface area is 183 Å². The van der Waals surface area contributed by atoms with E-state index in [4.69, 9.17) is 0 Å². The van der Waals surface area contributed by atoms with E-state index in [0.717, 1.165) is 12.1 Å². The number of nitrogens with one attached hydrogen (secondary N) is 3. The lowest BCUT2D eigenvalue weighted by atomic mass is 9.82. The van der Waals surface area contributed by atoms with E-state index in [1.165, 1.54) is 18.5 Å². The molecule has 3 rings (SSSR count). The molecule has 2 heterocycles. The SMILES string of the molecule is CC(C)(C)[C@@H](NC(=O)C1CC(=O)NC(c2ncccn2)N1)c1ccc(OC(F)F)c(F)c1. The summed E-state index contributed by atoms with van der Waals surface area (Å²) in [6.07, 6.45) is 2.18. The monoisotopic (exact) mass is 451 g/mol. The molecule has 0 radical (unpaired) electrons. The normalized spacial score (nSPS) is 19.9. The van der Waals surface area contributed by atoms with Crippen LogP contribution in [0.4, 0.5) is 13.2 Å². The van der Waals surface area contributed by atoms with Gasteiger partial charge in [-0.2, -0.15) is 8.78 Å². The number of aromatic nitrogens is 2. The van der Waals surface area contributed by atoms with Gasteiger partial charge in [-0.15, -0.1) is 0 Å². The van der Waals surface area contributed by atoms with Crippen molar-refractivity contribution in [3.8, 4) is 5.75 Å². The summed E-state index contributed by atoms with van der Waals surface area (Å²) in [5, 5.41) is 8.53. The number of ether oxygens (including phenoxy) is 1. The Balaban J connectivity index is 1.79. The Morgan fingerprint density at radius 3 is 2.53 bits per heavy atom. The minimum atomic E-state index is -3.15. The van der Waals surface area contributed by atoms with Crippen LogP contribution in [-0.4, -0.2) is 34.4 Å². The summed E-state index contributed by atoms with van der Waals surface area (Å²) in [5.41, 5.74) is -0.195. The van der Waals surface area contributed by atoms with Crippen LogP contribution in [0.25, 0.3) is 0 Å². The number of carbonyl (C=O) groups is 2. The third-order valence-corrected chi connectivity index (χ3v) is 4.88. The van der Waals surface area contributed by atoms with Crippen molar-refractivity contribution in [2.75, 3.05) is 0 Å². The number of benzene rings is 1. The maximum Gasteiger partial charge on any atom is 0.387 e. The van der Waals surface area contributed by atoms with E-state index in [0.29, 0.717) is 11.4 Å². The Kier molecular flexibility index (Phi) is 6.97. The van der Waals surface area contributed by atoms with Crippen LogP contribution < -0.4 is 20.7 Å². The molecule has 1 aromatic heterocycles. The first kappa shape index (κ1) is 23.5. The molecule has 0 bridgehead atoms. The van der Waals surface area contributed by atoms with Crippen LogP contribution >= 0.6 is 0 Å². The number of hydrogen-bond acceptors (Lipinski definition) is 6. The van der Waals surface area contributed by atoms with Crippen LogP contribution in [0.1, 0.15) is 50.8 Å². The van der Waals surface area contributed by atoms with Gasteiger partial charge in [-0.1, -0.05) is 26.8 Å². The van der Waals surface area contributed by atoms with Crippen LogP contribution in [0.15, 0.2) is 36.7 Å². The van der Waals surface area contributed by atoms with Gasteiger partial charge in [-0.25, -0.2) is 14.4 Å². The average molecular weight is 451 g/mol. The molecule has 1 aliphatic rings. The van der Waals surface area contributed by atoms with Crippen LogP contribution in [0, 0.1) is 11.2 Å². The van der Waals surface area contributed by atoms with E-state index in [-0.39, 0.29) is 12.3 Å². The first-order valence-corrected chi connectivity index (χ1v) is 9.91. The zero-order valence-corrected chi connectivity index (χ0v) is 17.7. The highest BCUT2D eigenvalue weighted by atomic mass is 19.3. The molecule has 1 aromatic carbocycles. The lowest BCUT2D eigenvalue weighted by Gasteiger charge is -2.35. The second-order valence-electron chi connectivity index (χ2n) is 8.41. The maximum atomic E-state index is 14.3. The molecule has 32 heavy (non-hydrogen) atoms. The Morgan fingerprint density at radius 1 is 1.25 bits per heavy atom. The second-order valence-corrected chi connectivity index (χ2v) is 8.41. The number of amides is 2. The summed E-state index contributed by atoms with van der Waals surface area (Å²) in [4.78, 5) is 33.4. The molecule has 3 N–H and O–H groups in total. The number of halogens is 3. The average Bonchev–Trinajstić information content (AvgIpc) is 2.72. The molecule has 2 aromatic rings. The lowest BCUT2D eigenvalue weighted by Crippen LogP contribution is -2.57. The maximum absolute atomic E-state index is 14.3. The summed E-state index contributed by atoms with van der Waals surface area (Å²) in [7, 11) is 0. The van der Waals surface area contributed by atoms with Crippen molar-refractivity contribution < 1.29 is 27.5 Å². The molecule has 1 saturated heterocycles. The highest BCUT2D eigenvalue weighted by Crippen LogP contribution is 2.35. The zero-order chi connectivity index (χ0) is 23.5. The Bertz CT molecular complexity index is 969. The predicted molar refractivity (Wildman–Crippen MR) is 108 cm³/mol. The van der Waals surface area contributed by atoms with E-state index < -0.39 is 47.7 Å². The van der Waals surface area contributed by atoms with Crippen molar-refractivity contribution >= 4 is 11.8 Å². The van der Waals surface area contributed by atoms with Crippen molar-refractivity contribution in [3.63, 3.8) is 0 Å². The van der Waals surface area contributed by atoms with Crippen molar-refractivity contribution in [1.82, 2.24) is 25.9 Å². The van der Waals surface area contributed by atoms with Gasteiger partial charge in [0.1, 0.15) is 6.17 Å². The third kappa shape index (κ3) is 5.72. The van der Waals surface area contributed by atoms with E-state index >= 15 is 0 Å². The molecule has 11 heteroatoms. The summed E-state index contributed by atoms with van der Waals surface area (Å²) >= 11 is 0. The fourth-order valence-corrected chi connectivity index (χ4v) is 3.41. The number of hydrogen-bond donors (Lipinski definition) is 3. The highest BCUT2D eigenvalue weighted by molar-refractivity contribution is 5.89. The van der Waals surface area contributed by atoms with Crippen molar-refractivity contribution in [1.29, 1.82) is 0 Å². The van der Waals surface area contributed by atoms with Gasteiger partial charge < -0.3 is 15.4 Å². The van der Waals surface area contributed by atoms with E-state index in [9.17, 15) is 22.8 Å². The molecule has 8 nitrogen and oxygen atoms in total. The molecule has 2 unspecified atom stereocenters. The summed E-state index contributed by atoms with van der Waals surface area (Å²) in [6.45, 7) is 2.35. The molecule has 0 saturated carbocycles. The molecule has 0 spiro atoms. The third-order valence-electron chi connectivity index (χ3n) is 4.88. The largest absolute Gasteiger partial charge is 0.432 e. The highest BCUT2D eigenvalue weighted by Gasteiger charge is 2.36. The number of rotatable bonds is 6. The summed E-state index contributed by atoms with van der Waals surface area (Å²) in [6, 6.07) is 3.63. The smallest absolute Gasteiger partial charge is 0.387 e. The van der Waals surface area contributed by atoms with Crippen molar-refractivity contribution in [3.05, 3.63) is 53.9 Å². The Hall–Kier alpha value is -3.21. The van der Waals surface area contributed by atoms with Gasteiger partial charge in [0.15, 0.2) is 17.4 Å². The van der Waals surface area contributed by atoms with Gasteiger partial charge in [0, 0.05) is 12.4 Å². The quantitative estimate of drug-likeness (QED) is 0.624. The topological polar surface area (TPSA) is 105 Å². The standard InChI is InChI=1S/C21H24F3N5O3/c1-21(2,3)16(11-5-6-14(12(22)9-11)32-20(23)24)29-19(31)13-10-15(30)28-18(27-13)17-25-7-4-8-26-17/h4-9,13,16,18,20,27H,10H2,1-3H3,(H,28,30)(H,29,31)/t13?,16-,18?/m0/s1. The fraction of sp³-hybridized carbons (Fsp3) is 0.429. The van der Waals surface area contributed by atoms with Crippen molar-refractivity contribution in [2.24, 2.45) is 5.41 Å². The van der Waals surface area contributed by atoms with Crippen LogP contribution in [0.2, 0.25) is 0 Å². The fourth-order valence-electron chi connectivity index (χ4n) is 3.41. The summed E-state index contributed by atoms with van der Waals surface area (Å²) in [5.74, 6) is -2.08. The van der Waals surface area contributed by atoms with E-state index in [2.05, 4.69) is 30.7 Å².